The van der Waals surface area contributed by atoms with Gasteiger partial charge in [-0.3, -0.25) is 4.79 Å². The van der Waals surface area contributed by atoms with Crippen LogP contribution in [0, 0.1) is 18.6 Å². The third-order valence-corrected chi connectivity index (χ3v) is 5.63. The fourth-order valence-electron chi connectivity index (χ4n) is 4.16. The topological polar surface area (TPSA) is 62.2 Å². The first-order valence-corrected chi connectivity index (χ1v) is 10.5. The van der Waals surface area contributed by atoms with Crippen molar-refractivity contribution in [2.75, 3.05) is 0 Å². The van der Waals surface area contributed by atoms with Crippen molar-refractivity contribution in [3.8, 4) is 11.1 Å². The molecule has 162 valence electrons. The molecule has 1 aliphatic rings. The van der Waals surface area contributed by atoms with Crippen LogP contribution in [0.4, 0.5) is 8.78 Å². The summed E-state index contributed by atoms with van der Waals surface area (Å²) in [6.45, 7) is 6.29. The molecule has 3 aromatic heterocycles. The molecule has 0 spiro atoms. The van der Waals surface area contributed by atoms with E-state index in [1.807, 2.05) is 0 Å². The maximum absolute atomic E-state index is 14.3. The van der Waals surface area contributed by atoms with Gasteiger partial charge in [-0.25, -0.2) is 13.8 Å². The van der Waals surface area contributed by atoms with Gasteiger partial charge in [0.25, 0.3) is 5.56 Å². The van der Waals surface area contributed by atoms with Gasteiger partial charge in [-0.15, -0.1) is 0 Å². The van der Waals surface area contributed by atoms with Crippen molar-refractivity contribution in [3.63, 3.8) is 0 Å². The minimum atomic E-state index is -0.637. The van der Waals surface area contributed by atoms with Crippen LogP contribution in [-0.2, 0) is 0 Å². The molecule has 0 bridgehead atoms. The molecule has 1 saturated heterocycles. The van der Waals surface area contributed by atoms with Crippen molar-refractivity contribution in [1.82, 2.24) is 19.7 Å². The Morgan fingerprint density at radius 2 is 1.74 bits per heavy atom. The Balaban J connectivity index is 0.000000245. The van der Waals surface area contributed by atoms with Gasteiger partial charge < -0.3 is 14.7 Å². The zero-order valence-corrected chi connectivity index (χ0v) is 17.9. The average molecular weight is 424 g/mol. The Hall–Kier alpha value is -3.06. The average Bonchev–Trinajstić information content (AvgIpc) is 3.09. The summed E-state index contributed by atoms with van der Waals surface area (Å²) in [4.78, 5) is 18.2. The second-order valence-corrected chi connectivity index (χ2v) is 8.32. The number of aromatic nitrogens is 3. The summed E-state index contributed by atoms with van der Waals surface area (Å²) in [6, 6.07) is 7.35. The molecule has 4 aromatic rings. The van der Waals surface area contributed by atoms with E-state index in [1.165, 1.54) is 37.6 Å². The van der Waals surface area contributed by atoms with Crippen molar-refractivity contribution in [2.24, 2.45) is 0 Å². The number of benzene rings is 1. The number of aryl methyl sites for hydroxylation is 1. The number of hydrogen-bond acceptors (Lipinski definition) is 3. The first-order valence-electron chi connectivity index (χ1n) is 10.5. The van der Waals surface area contributed by atoms with Gasteiger partial charge in [0.15, 0.2) is 11.5 Å². The molecule has 1 aliphatic heterocycles. The summed E-state index contributed by atoms with van der Waals surface area (Å²) < 4.78 is 30.0. The fourth-order valence-corrected chi connectivity index (χ4v) is 4.16. The van der Waals surface area contributed by atoms with Crippen LogP contribution in [0.25, 0.3) is 27.5 Å². The zero-order valence-electron chi connectivity index (χ0n) is 17.9. The molecular weight excluding hydrogens is 398 g/mol. The molecule has 31 heavy (non-hydrogen) atoms. The molecule has 7 heteroatoms. The van der Waals surface area contributed by atoms with E-state index in [0.29, 0.717) is 22.2 Å². The third-order valence-electron chi connectivity index (χ3n) is 5.63. The summed E-state index contributed by atoms with van der Waals surface area (Å²) in [5.74, 6) is -1.12. The molecule has 0 amide bonds. The number of aromatic amines is 1. The minimum absolute atomic E-state index is 0.00345. The maximum atomic E-state index is 14.3. The summed E-state index contributed by atoms with van der Waals surface area (Å²) >= 11 is 0. The summed E-state index contributed by atoms with van der Waals surface area (Å²) in [5, 5.41) is 3.94. The van der Waals surface area contributed by atoms with Crippen LogP contribution in [0.1, 0.15) is 38.8 Å². The molecule has 2 N–H and O–H groups in total. The second-order valence-electron chi connectivity index (χ2n) is 8.32. The summed E-state index contributed by atoms with van der Waals surface area (Å²) in [7, 11) is 0. The number of pyridine rings is 2. The number of rotatable bonds is 1. The third kappa shape index (κ3) is 4.51. The van der Waals surface area contributed by atoms with Gasteiger partial charge in [-0.05, 0) is 68.8 Å². The molecule has 0 aliphatic carbocycles. The normalized spacial score (nSPS) is 18.7. The number of piperidine rings is 1. The highest BCUT2D eigenvalue weighted by atomic mass is 19.1. The summed E-state index contributed by atoms with van der Waals surface area (Å²) in [5.41, 5.74) is 1.43. The van der Waals surface area contributed by atoms with Crippen molar-refractivity contribution in [3.05, 3.63) is 70.5 Å². The lowest BCUT2D eigenvalue weighted by Crippen LogP contribution is -2.38. The van der Waals surface area contributed by atoms with E-state index in [9.17, 15) is 13.6 Å². The first kappa shape index (κ1) is 21.2. The molecular formula is C24H26F2N4O. The number of hydrogen-bond donors (Lipinski definition) is 2. The molecule has 0 saturated carbocycles. The SMILES string of the molecule is CC1CCCC(C)N1.Cc1cn2cc(-c3cc(F)c4c(=O)[nH]ccc4c3)cc(F)c2n1. The van der Waals surface area contributed by atoms with E-state index in [1.54, 1.807) is 35.9 Å². The van der Waals surface area contributed by atoms with Gasteiger partial charge in [0.1, 0.15) is 5.82 Å². The predicted molar refractivity (Wildman–Crippen MR) is 119 cm³/mol. The molecule has 2 unspecified atom stereocenters. The fraction of sp³-hybridized carbons (Fsp3) is 0.333. The quantitative estimate of drug-likeness (QED) is 0.454. The van der Waals surface area contributed by atoms with Gasteiger partial charge in [-0.1, -0.05) is 6.42 Å². The van der Waals surface area contributed by atoms with E-state index >= 15 is 0 Å². The Morgan fingerprint density at radius 3 is 2.42 bits per heavy atom. The van der Waals surface area contributed by atoms with Crippen molar-refractivity contribution in [1.29, 1.82) is 0 Å². The van der Waals surface area contributed by atoms with E-state index in [2.05, 4.69) is 29.1 Å². The number of H-pyrrole nitrogens is 1. The molecule has 0 radical (unpaired) electrons. The first-order chi connectivity index (χ1) is 14.8. The van der Waals surface area contributed by atoms with Crippen molar-refractivity contribution in [2.45, 2.75) is 52.1 Å². The van der Waals surface area contributed by atoms with Crippen LogP contribution in [0.2, 0.25) is 0 Å². The van der Waals surface area contributed by atoms with Gasteiger partial charge in [0.05, 0.1) is 11.1 Å². The van der Waals surface area contributed by atoms with Crippen LogP contribution in [0.15, 0.2) is 47.7 Å². The Morgan fingerprint density at radius 1 is 1.03 bits per heavy atom. The van der Waals surface area contributed by atoms with Crippen molar-refractivity contribution < 1.29 is 8.78 Å². The van der Waals surface area contributed by atoms with Crippen LogP contribution >= 0.6 is 0 Å². The molecule has 1 aromatic carbocycles. The largest absolute Gasteiger partial charge is 0.328 e. The second kappa shape index (κ2) is 8.59. The summed E-state index contributed by atoms with van der Waals surface area (Å²) in [6.07, 6.45) is 8.98. The Bertz CT molecular complexity index is 1290. The highest BCUT2D eigenvalue weighted by Gasteiger charge is 2.13. The predicted octanol–water partition coefficient (Wildman–Crippen LogP) is 4.97. The van der Waals surface area contributed by atoms with E-state index in [0.717, 1.165) is 12.1 Å². The minimum Gasteiger partial charge on any atom is -0.328 e. The lowest BCUT2D eigenvalue weighted by molar-refractivity contribution is 0.352. The zero-order chi connectivity index (χ0) is 22.1. The van der Waals surface area contributed by atoms with Gasteiger partial charge in [0.2, 0.25) is 0 Å². The number of imidazole rings is 1. The van der Waals surface area contributed by atoms with Crippen LogP contribution < -0.4 is 10.9 Å². The smallest absolute Gasteiger partial charge is 0.258 e. The van der Waals surface area contributed by atoms with Crippen LogP contribution in [0.5, 0.6) is 0 Å². The van der Waals surface area contributed by atoms with E-state index in [-0.39, 0.29) is 11.0 Å². The highest BCUT2D eigenvalue weighted by molar-refractivity contribution is 5.87. The van der Waals surface area contributed by atoms with Gasteiger partial charge >= 0.3 is 0 Å². The van der Waals surface area contributed by atoms with E-state index in [4.69, 9.17) is 0 Å². The van der Waals surface area contributed by atoms with Gasteiger partial charge in [-0.2, -0.15) is 0 Å². The lowest BCUT2D eigenvalue weighted by Gasteiger charge is -2.25. The van der Waals surface area contributed by atoms with Crippen molar-refractivity contribution >= 4 is 16.4 Å². The molecule has 5 rings (SSSR count). The van der Waals surface area contributed by atoms with E-state index < -0.39 is 17.2 Å². The highest BCUT2D eigenvalue weighted by Crippen LogP contribution is 2.27. The Kier molecular flexibility index (Phi) is 5.87. The number of nitrogens with zero attached hydrogens (tertiary/aromatic N) is 2. The molecule has 4 heterocycles. The molecule has 2 atom stereocenters. The Labute approximate surface area is 179 Å². The number of halogens is 2. The van der Waals surface area contributed by atoms with Crippen LogP contribution in [-0.4, -0.2) is 26.5 Å². The number of fused-ring (bicyclic) bond motifs is 2. The monoisotopic (exact) mass is 424 g/mol. The molecule has 1 fully saturated rings. The van der Waals surface area contributed by atoms with Gasteiger partial charge in [0, 0.05) is 36.2 Å². The standard InChI is InChI=1S/C17H11F2N3O.C7H15N/c1-9-7-22-8-12(6-14(19)16(22)21-9)11-4-10-2-3-20-17(23)15(10)13(18)5-11;1-6-4-3-5-7(2)8-6/h2-8H,1H3,(H,20,23);6-8H,3-5H2,1-2H3. The maximum Gasteiger partial charge on any atom is 0.258 e. The van der Waals surface area contributed by atoms with Crippen LogP contribution in [0.3, 0.4) is 0 Å². The number of nitrogens with one attached hydrogen (secondary N) is 2. The molecule has 5 nitrogen and oxygen atoms in total. The lowest BCUT2D eigenvalue weighted by atomic mass is 10.0.